The number of amides is 1. The summed E-state index contributed by atoms with van der Waals surface area (Å²) in [6.07, 6.45) is -2.25. The number of carbonyl (C=O) groups excluding carboxylic acids is 1. The van der Waals surface area contributed by atoms with E-state index in [1.165, 1.54) is 30.3 Å². The Kier molecular flexibility index (Phi) is 8.14. The molecule has 2 atom stereocenters. The summed E-state index contributed by atoms with van der Waals surface area (Å²) in [4.78, 5) is 18.0. The van der Waals surface area contributed by atoms with Gasteiger partial charge in [-0.25, -0.2) is 0 Å². The van der Waals surface area contributed by atoms with E-state index in [0.717, 1.165) is 55.2 Å². The average Bonchev–Trinajstić information content (AvgIpc) is 2.87. The fraction of sp³-hybridized carbons (Fsp3) is 0.435. The monoisotopic (exact) mass is 486 g/mol. The number of aliphatic hydroxyl groups excluding tert-OH is 1. The number of nitrogens with zero attached hydrogens (tertiary/aromatic N) is 2. The molecule has 4 rings (SSSR count). The third-order valence-electron chi connectivity index (χ3n) is 5.87. The molecule has 2 aromatic carbocycles. The van der Waals surface area contributed by atoms with Crippen LogP contribution < -0.4 is 4.90 Å². The number of para-hydroxylation sites is 1. The van der Waals surface area contributed by atoms with Gasteiger partial charge in [-0.05, 0) is 55.8 Å². The van der Waals surface area contributed by atoms with Gasteiger partial charge in [-0.2, -0.15) is 13.2 Å². The first-order chi connectivity index (χ1) is 14.8. The van der Waals surface area contributed by atoms with E-state index < -0.39 is 29.0 Å². The van der Waals surface area contributed by atoms with E-state index in [1.807, 2.05) is 24.3 Å². The van der Waals surface area contributed by atoms with Gasteiger partial charge in [-0.1, -0.05) is 30.7 Å². The molecular formula is C23H26ClF3N2O2S. The Morgan fingerprint density at radius 2 is 1.62 bits per heavy atom. The normalized spacial score (nSPS) is 22.1. The second-order valence-electron chi connectivity index (χ2n) is 7.96. The number of benzene rings is 2. The van der Waals surface area contributed by atoms with Crippen LogP contribution in [0.3, 0.4) is 0 Å². The summed E-state index contributed by atoms with van der Waals surface area (Å²) < 4.78 is 38.8. The molecule has 32 heavy (non-hydrogen) atoms. The Balaban J connectivity index is 0.00000289. The van der Waals surface area contributed by atoms with Crippen molar-refractivity contribution >= 4 is 35.8 Å². The Bertz CT molecular complexity index is 920. The van der Waals surface area contributed by atoms with E-state index in [2.05, 4.69) is 4.90 Å². The van der Waals surface area contributed by atoms with Crippen LogP contribution in [0.4, 0.5) is 18.9 Å². The molecule has 2 aromatic rings. The fourth-order valence-corrected chi connectivity index (χ4v) is 5.42. The molecule has 1 amide bonds. The van der Waals surface area contributed by atoms with Gasteiger partial charge >= 0.3 is 6.18 Å². The van der Waals surface area contributed by atoms with E-state index in [9.17, 15) is 23.1 Å². The van der Waals surface area contributed by atoms with Crippen molar-refractivity contribution in [2.75, 3.05) is 31.1 Å². The minimum Gasteiger partial charge on any atom is -0.382 e. The third-order valence-corrected chi connectivity index (χ3v) is 7.25. The number of thioether (sulfide) groups is 1. The van der Waals surface area contributed by atoms with Gasteiger partial charge in [0.25, 0.3) is 5.91 Å². The average molecular weight is 487 g/mol. The van der Waals surface area contributed by atoms with E-state index in [0.29, 0.717) is 12.1 Å². The van der Waals surface area contributed by atoms with E-state index in [4.69, 9.17) is 0 Å². The lowest BCUT2D eigenvalue weighted by Crippen LogP contribution is -2.45. The van der Waals surface area contributed by atoms with Crippen molar-refractivity contribution in [3.63, 3.8) is 0 Å². The Morgan fingerprint density at radius 1 is 0.969 bits per heavy atom. The Hall–Kier alpha value is -1.74. The molecule has 0 aromatic heterocycles. The van der Waals surface area contributed by atoms with Crippen molar-refractivity contribution in [2.24, 2.45) is 0 Å². The van der Waals surface area contributed by atoms with E-state index in [1.54, 1.807) is 4.90 Å². The van der Waals surface area contributed by atoms with Gasteiger partial charge in [-0.3, -0.25) is 4.79 Å². The molecule has 1 saturated heterocycles. The SMILES string of the molecule is Cl.O=C1[C@H](O)[C@@H](c2ccc(C(F)(F)F)cc2)Sc2ccccc2N1CCN1CCCCC1. The lowest BCUT2D eigenvalue weighted by Gasteiger charge is -2.30. The summed E-state index contributed by atoms with van der Waals surface area (Å²) in [6, 6.07) is 12.2. The standard InChI is InChI=1S/C23H25F3N2O2S.ClH/c24-23(25,26)17-10-8-16(9-11-17)21-20(29)22(30)28(15-14-27-12-4-1-5-13-27)18-6-2-3-7-19(18)31-21;/h2-3,6-11,20-21,29H,1,4-5,12-15H2;1H/t20-,21-;/m1./s1. The van der Waals surface area contributed by atoms with Crippen molar-refractivity contribution in [1.29, 1.82) is 0 Å². The fourth-order valence-electron chi connectivity index (χ4n) is 4.16. The first kappa shape index (κ1) is 24.9. The Labute approximate surface area is 196 Å². The van der Waals surface area contributed by atoms with Crippen LogP contribution in [-0.2, 0) is 11.0 Å². The smallest absolute Gasteiger partial charge is 0.382 e. The summed E-state index contributed by atoms with van der Waals surface area (Å²) in [5, 5.41) is 10.2. The molecule has 4 nitrogen and oxygen atoms in total. The van der Waals surface area contributed by atoms with Crippen molar-refractivity contribution < 1.29 is 23.1 Å². The zero-order valence-corrected chi connectivity index (χ0v) is 19.1. The van der Waals surface area contributed by atoms with Crippen LogP contribution in [0.1, 0.15) is 35.6 Å². The minimum atomic E-state index is -4.43. The van der Waals surface area contributed by atoms with Crippen LogP contribution in [0.2, 0.25) is 0 Å². The van der Waals surface area contributed by atoms with Crippen molar-refractivity contribution in [3.8, 4) is 0 Å². The topological polar surface area (TPSA) is 43.8 Å². The summed E-state index contributed by atoms with van der Waals surface area (Å²) >= 11 is 1.31. The van der Waals surface area contributed by atoms with Gasteiger partial charge in [0.15, 0.2) is 0 Å². The van der Waals surface area contributed by atoms with Gasteiger partial charge in [0.05, 0.1) is 16.5 Å². The number of fused-ring (bicyclic) bond motifs is 1. The first-order valence-corrected chi connectivity index (χ1v) is 11.4. The lowest BCUT2D eigenvalue weighted by atomic mass is 10.0. The van der Waals surface area contributed by atoms with Gasteiger partial charge in [-0.15, -0.1) is 24.2 Å². The predicted molar refractivity (Wildman–Crippen MR) is 122 cm³/mol. The number of piperidine rings is 1. The molecular weight excluding hydrogens is 461 g/mol. The summed E-state index contributed by atoms with van der Waals surface area (Å²) in [7, 11) is 0. The number of halogens is 4. The molecule has 1 N–H and O–H groups in total. The van der Waals surface area contributed by atoms with Gasteiger partial charge in [0, 0.05) is 18.0 Å². The number of hydrogen-bond donors (Lipinski definition) is 1. The van der Waals surface area contributed by atoms with Crippen molar-refractivity contribution in [3.05, 3.63) is 59.7 Å². The quantitative estimate of drug-likeness (QED) is 0.648. The number of anilines is 1. The second kappa shape index (κ2) is 10.5. The zero-order chi connectivity index (χ0) is 22.0. The molecule has 2 aliphatic rings. The molecule has 2 aliphatic heterocycles. The number of hydrogen-bond acceptors (Lipinski definition) is 4. The number of carbonyl (C=O) groups is 1. The summed E-state index contributed by atoms with van der Waals surface area (Å²) in [5.74, 6) is -0.417. The maximum Gasteiger partial charge on any atom is 0.416 e. The Morgan fingerprint density at radius 3 is 2.28 bits per heavy atom. The maximum atomic E-state index is 13.3. The molecule has 9 heteroatoms. The lowest BCUT2D eigenvalue weighted by molar-refractivity contribution is -0.137. The number of rotatable bonds is 4. The zero-order valence-electron chi connectivity index (χ0n) is 17.4. The minimum absolute atomic E-state index is 0. The number of aliphatic hydroxyl groups is 1. The molecule has 0 spiro atoms. The highest BCUT2D eigenvalue weighted by atomic mass is 35.5. The second-order valence-corrected chi connectivity index (χ2v) is 9.15. The van der Waals surface area contributed by atoms with Gasteiger partial charge < -0.3 is 14.9 Å². The summed E-state index contributed by atoms with van der Waals surface area (Å²) in [6.45, 7) is 3.21. The highest BCUT2D eigenvalue weighted by molar-refractivity contribution is 7.99. The van der Waals surface area contributed by atoms with Crippen LogP contribution in [0, 0.1) is 0 Å². The van der Waals surface area contributed by atoms with Crippen LogP contribution in [-0.4, -0.2) is 48.2 Å². The van der Waals surface area contributed by atoms with Crippen LogP contribution >= 0.6 is 24.2 Å². The van der Waals surface area contributed by atoms with Gasteiger partial charge in [0.2, 0.25) is 0 Å². The molecule has 174 valence electrons. The summed E-state index contributed by atoms with van der Waals surface area (Å²) in [5.41, 5.74) is 0.480. The van der Waals surface area contributed by atoms with Crippen LogP contribution in [0.15, 0.2) is 53.4 Å². The molecule has 0 unspecified atom stereocenters. The highest BCUT2D eigenvalue weighted by Gasteiger charge is 2.38. The number of likely N-dealkylation sites (tertiary alicyclic amines) is 1. The van der Waals surface area contributed by atoms with E-state index in [-0.39, 0.29) is 12.4 Å². The molecule has 0 bridgehead atoms. The molecule has 1 fully saturated rings. The molecule has 2 heterocycles. The molecule has 0 aliphatic carbocycles. The molecule has 0 saturated carbocycles. The van der Waals surface area contributed by atoms with Crippen molar-refractivity contribution in [2.45, 2.75) is 41.7 Å². The first-order valence-electron chi connectivity index (χ1n) is 10.5. The largest absolute Gasteiger partial charge is 0.416 e. The van der Waals surface area contributed by atoms with E-state index >= 15 is 0 Å². The van der Waals surface area contributed by atoms with Crippen molar-refractivity contribution in [1.82, 2.24) is 4.90 Å². The predicted octanol–water partition coefficient (Wildman–Crippen LogP) is 5.15. The van der Waals surface area contributed by atoms with Crippen LogP contribution in [0.5, 0.6) is 0 Å². The third kappa shape index (κ3) is 5.42. The van der Waals surface area contributed by atoms with Gasteiger partial charge in [0.1, 0.15) is 6.10 Å². The maximum absolute atomic E-state index is 13.3. The number of alkyl halides is 3. The van der Waals surface area contributed by atoms with Crippen LogP contribution in [0.25, 0.3) is 0 Å². The molecule has 0 radical (unpaired) electrons. The highest BCUT2D eigenvalue weighted by Crippen LogP contribution is 2.46.